The molecule has 0 radical (unpaired) electrons. The lowest BCUT2D eigenvalue weighted by Gasteiger charge is -2.04. The first-order valence-electron chi connectivity index (χ1n) is 6.68. The Balaban J connectivity index is 2.19. The van der Waals surface area contributed by atoms with Crippen LogP contribution >= 0.6 is 23.2 Å². The van der Waals surface area contributed by atoms with Crippen LogP contribution in [0.5, 0.6) is 0 Å². The van der Waals surface area contributed by atoms with E-state index in [4.69, 9.17) is 23.2 Å². The van der Waals surface area contributed by atoms with Crippen molar-refractivity contribution in [3.8, 4) is 22.5 Å². The number of halogens is 2. The average molecular weight is 331 g/mol. The van der Waals surface area contributed by atoms with Gasteiger partial charge in [-0.2, -0.15) is 5.10 Å². The number of H-pyrrole nitrogens is 1. The number of nitrogens with zero attached hydrogens (tertiary/aromatic N) is 1. The van der Waals surface area contributed by atoms with E-state index in [2.05, 4.69) is 10.2 Å². The van der Waals surface area contributed by atoms with Gasteiger partial charge in [0.1, 0.15) is 5.69 Å². The maximum absolute atomic E-state index is 12.1. The van der Waals surface area contributed by atoms with Gasteiger partial charge in [0.2, 0.25) is 0 Å². The standard InChI is InChI=1S/C17H12Cl2N2O/c1-10(22)15-16(11-5-3-2-4-6-11)20-21-17(15)12-7-8-13(18)14(19)9-12/h2-9H,1H3,(H,20,21). The largest absolute Gasteiger partial charge is 0.294 e. The topological polar surface area (TPSA) is 45.8 Å². The second kappa shape index (κ2) is 5.95. The Hall–Kier alpha value is -2.10. The Kier molecular flexibility index (Phi) is 4.01. The average Bonchev–Trinajstić information content (AvgIpc) is 2.96. The van der Waals surface area contributed by atoms with E-state index in [1.165, 1.54) is 6.92 Å². The van der Waals surface area contributed by atoms with Gasteiger partial charge in [-0.3, -0.25) is 9.89 Å². The first-order chi connectivity index (χ1) is 10.6. The Labute approximate surface area is 137 Å². The highest BCUT2D eigenvalue weighted by Crippen LogP contribution is 2.33. The third kappa shape index (κ3) is 2.65. The van der Waals surface area contributed by atoms with Gasteiger partial charge < -0.3 is 0 Å². The monoisotopic (exact) mass is 330 g/mol. The molecule has 22 heavy (non-hydrogen) atoms. The maximum Gasteiger partial charge on any atom is 0.164 e. The van der Waals surface area contributed by atoms with Gasteiger partial charge in [0.15, 0.2) is 5.78 Å². The minimum Gasteiger partial charge on any atom is -0.294 e. The summed E-state index contributed by atoms with van der Waals surface area (Å²) >= 11 is 12.0. The summed E-state index contributed by atoms with van der Waals surface area (Å²) in [4.78, 5) is 12.1. The van der Waals surface area contributed by atoms with Crippen molar-refractivity contribution in [1.29, 1.82) is 0 Å². The van der Waals surface area contributed by atoms with Crippen molar-refractivity contribution in [3.05, 3.63) is 64.1 Å². The number of aromatic amines is 1. The van der Waals surface area contributed by atoms with Crippen LogP contribution in [-0.4, -0.2) is 16.0 Å². The summed E-state index contributed by atoms with van der Waals surface area (Å²) in [5, 5.41) is 8.16. The van der Waals surface area contributed by atoms with Crippen LogP contribution in [0.15, 0.2) is 48.5 Å². The van der Waals surface area contributed by atoms with Crippen molar-refractivity contribution in [1.82, 2.24) is 10.2 Å². The van der Waals surface area contributed by atoms with Crippen LogP contribution in [0.3, 0.4) is 0 Å². The van der Waals surface area contributed by atoms with Gasteiger partial charge in [-0.15, -0.1) is 0 Å². The van der Waals surface area contributed by atoms with Crippen molar-refractivity contribution in [2.24, 2.45) is 0 Å². The second-order valence-electron chi connectivity index (χ2n) is 4.87. The molecule has 1 N–H and O–H groups in total. The van der Waals surface area contributed by atoms with Crippen LogP contribution in [0.1, 0.15) is 17.3 Å². The third-order valence-electron chi connectivity index (χ3n) is 3.37. The van der Waals surface area contributed by atoms with Gasteiger partial charge in [-0.05, 0) is 19.1 Å². The van der Waals surface area contributed by atoms with E-state index in [9.17, 15) is 4.79 Å². The molecule has 2 aromatic carbocycles. The molecule has 0 unspecified atom stereocenters. The maximum atomic E-state index is 12.1. The van der Waals surface area contributed by atoms with E-state index in [0.29, 0.717) is 27.0 Å². The summed E-state index contributed by atoms with van der Waals surface area (Å²) in [6.07, 6.45) is 0. The number of aromatic nitrogens is 2. The van der Waals surface area contributed by atoms with E-state index in [-0.39, 0.29) is 5.78 Å². The molecule has 0 spiro atoms. The molecule has 0 atom stereocenters. The number of nitrogens with one attached hydrogen (secondary N) is 1. The first-order valence-corrected chi connectivity index (χ1v) is 7.43. The van der Waals surface area contributed by atoms with Gasteiger partial charge >= 0.3 is 0 Å². The fraction of sp³-hybridized carbons (Fsp3) is 0.0588. The third-order valence-corrected chi connectivity index (χ3v) is 4.11. The lowest BCUT2D eigenvalue weighted by Crippen LogP contribution is -1.96. The zero-order valence-electron chi connectivity index (χ0n) is 11.7. The highest BCUT2D eigenvalue weighted by Gasteiger charge is 2.20. The summed E-state index contributed by atoms with van der Waals surface area (Å²) in [7, 11) is 0. The fourth-order valence-corrected chi connectivity index (χ4v) is 2.65. The van der Waals surface area contributed by atoms with Crippen molar-refractivity contribution in [2.75, 3.05) is 0 Å². The summed E-state index contributed by atoms with van der Waals surface area (Å²) in [6.45, 7) is 1.53. The van der Waals surface area contributed by atoms with Gasteiger partial charge in [-0.1, -0.05) is 59.6 Å². The first kappa shape index (κ1) is 14.8. The van der Waals surface area contributed by atoms with Crippen molar-refractivity contribution >= 4 is 29.0 Å². The van der Waals surface area contributed by atoms with Crippen LogP contribution in [0.2, 0.25) is 10.0 Å². The molecule has 5 heteroatoms. The van der Waals surface area contributed by atoms with Crippen LogP contribution in [-0.2, 0) is 0 Å². The zero-order chi connectivity index (χ0) is 15.7. The highest BCUT2D eigenvalue weighted by molar-refractivity contribution is 6.42. The molecule has 0 saturated heterocycles. The number of carbonyl (C=O) groups is 1. The Morgan fingerprint density at radius 3 is 2.36 bits per heavy atom. The van der Waals surface area contributed by atoms with E-state index in [1.807, 2.05) is 30.3 Å². The molecule has 110 valence electrons. The molecule has 1 heterocycles. The molecule has 0 aliphatic heterocycles. The number of Topliss-reactive ketones (excluding diaryl/α,β-unsaturated/α-hetero) is 1. The van der Waals surface area contributed by atoms with E-state index >= 15 is 0 Å². The molecule has 0 amide bonds. The van der Waals surface area contributed by atoms with Gasteiger partial charge in [0.05, 0.1) is 21.3 Å². The number of benzene rings is 2. The van der Waals surface area contributed by atoms with Crippen LogP contribution in [0, 0.1) is 0 Å². The Morgan fingerprint density at radius 2 is 1.73 bits per heavy atom. The lowest BCUT2D eigenvalue weighted by molar-refractivity contribution is 0.101. The number of carbonyl (C=O) groups excluding carboxylic acids is 1. The predicted octanol–water partition coefficient (Wildman–Crippen LogP) is 5.25. The van der Waals surface area contributed by atoms with Crippen LogP contribution in [0.25, 0.3) is 22.5 Å². The lowest BCUT2D eigenvalue weighted by atomic mass is 9.99. The van der Waals surface area contributed by atoms with Crippen LogP contribution in [0.4, 0.5) is 0 Å². The number of rotatable bonds is 3. The molecule has 0 fully saturated rings. The molecule has 1 aromatic heterocycles. The molecule has 0 saturated carbocycles. The van der Waals surface area contributed by atoms with Gasteiger partial charge in [-0.25, -0.2) is 0 Å². The summed E-state index contributed by atoms with van der Waals surface area (Å²) in [5.41, 5.74) is 3.48. The van der Waals surface area contributed by atoms with E-state index in [1.54, 1.807) is 18.2 Å². The smallest absolute Gasteiger partial charge is 0.164 e. The Bertz CT molecular complexity index is 841. The van der Waals surface area contributed by atoms with Crippen molar-refractivity contribution in [3.63, 3.8) is 0 Å². The molecule has 0 aliphatic carbocycles. The Morgan fingerprint density at radius 1 is 1.00 bits per heavy atom. The molecular formula is C17H12Cl2N2O. The van der Waals surface area contributed by atoms with Crippen molar-refractivity contribution in [2.45, 2.75) is 6.92 Å². The zero-order valence-corrected chi connectivity index (χ0v) is 13.2. The molecule has 0 bridgehead atoms. The molecule has 3 rings (SSSR count). The predicted molar refractivity (Wildman–Crippen MR) is 89.5 cm³/mol. The SMILES string of the molecule is CC(=O)c1c(-c2ccc(Cl)c(Cl)c2)n[nH]c1-c1ccccc1. The second-order valence-corrected chi connectivity index (χ2v) is 5.69. The van der Waals surface area contributed by atoms with Crippen molar-refractivity contribution < 1.29 is 4.79 Å². The molecular weight excluding hydrogens is 319 g/mol. The molecule has 0 aliphatic rings. The van der Waals surface area contributed by atoms with E-state index in [0.717, 1.165) is 11.1 Å². The highest BCUT2D eigenvalue weighted by atomic mass is 35.5. The van der Waals surface area contributed by atoms with Gasteiger partial charge in [0, 0.05) is 11.1 Å². The quantitative estimate of drug-likeness (QED) is 0.666. The number of hydrogen-bond acceptors (Lipinski definition) is 2. The van der Waals surface area contributed by atoms with Gasteiger partial charge in [0.25, 0.3) is 0 Å². The fourth-order valence-electron chi connectivity index (χ4n) is 2.35. The normalized spacial score (nSPS) is 10.7. The van der Waals surface area contributed by atoms with Crippen LogP contribution < -0.4 is 0 Å². The minimum absolute atomic E-state index is 0.0614. The summed E-state index contributed by atoms with van der Waals surface area (Å²) < 4.78 is 0. The minimum atomic E-state index is -0.0614. The summed E-state index contributed by atoms with van der Waals surface area (Å²) in [5.74, 6) is -0.0614. The molecule has 3 aromatic rings. The summed E-state index contributed by atoms with van der Waals surface area (Å²) in [6, 6.07) is 14.8. The van der Waals surface area contributed by atoms with E-state index < -0.39 is 0 Å². The molecule has 3 nitrogen and oxygen atoms in total. The number of ketones is 1. The number of hydrogen-bond donors (Lipinski definition) is 1.